The van der Waals surface area contributed by atoms with Crippen LogP contribution in [0, 0.1) is 17.3 Å². The average molecular weight is 344 g/mol. The number of carbonyl (C=O) groups excluding carboxylic acids is 2. The molecule has 0 radical (unpaired) electrons. The Hall–Kier alpha value is -2.50. The lowest BCUT2D eigenvalue weighted by Gasteiger charge is -2.18. The third kappa shape index (κ3) is 3.48. The lowest BCUT2D eigenvalue weighted by Crippen LogP contribution is -2.43. The van der Waals surface area contributed by atoms with E-state index in [2.05, 4.69) is 30.8 Å². The summed E-state index contributed by atoms with van der Waals surface area (Å²) in [6, 6.07) is 4.95. The molecule has 1 aliphatic heterocycles. The largest absolute Gasteiger partial charge is 0.486 e. The average Bonchev–Trinajstić information content (AvgIpc) is 3.11. The molecule has 3 rings (SSSR count). The van der Waals surface area contributed by atoms with E-state index in [0.717, 1.165) is 0 Å². The SMILES string of the molecule is CC(C)=CC1C(C(=O)NNC(=O)c2ccc3c(c2)OCCO3)C1(C)C. The van der Waals surface area contributed by atoms with E-state index < -0.39 is 0 Å². The van der Waals surface area contributed by atoms with E-state index in [1.807, 2.05) is 13.8 Å². The van der Waals surface area contributed by atoms with Crippen LogP contribution in [0.2, 0.25) is 0 Å². The zero-order valence-electron chi connectivity index (χ0n) is 15.0. The van der Waals surface area contributed by atoms with Gasteiger partial charge >= 0.3 is 0 Å². The summed E-state index contributed by atoms with van der Waals surface area (Å²) in [5.41, 5.74) is 6.52. The van der Waals surface area contributed by atoms with Gasteiger partial charge in [-0.15, -0.1) is 0 Å². The van der Waals surface area contributed by atoms with Crippen molar-refractivity contribution in [2.45, 2.75) is 27.7 Å². The quantitative estimate of drug-likeness (QED) is 0.652. The fraction of sp³-hybridized carbons (Fsp3) is 0.474. The van der Waals surface area contributed by atoms with E-state index in [1.54, 1.807) is 18.2 Å². The third-order valence-electron chi connectivity index (χ3n) is 4.81. The van der Waals surface area contributed by atoms with Crippen LogP contribution in [0.3, 0.4) is 0 Å². The van der Waals surface area contributed by atoms with E-state index in [4.69, 9.17) is 9.47 Å². The van der Waals surface area contributed by atoms with Crippen LogP contribution in [-0.2, 0) is 4.79 Å². The first kappa shape index (κ1) is 17.3. The van der Waals surface area contributed by atoms with E-state index in [0.29, 0.717) is 30.3 Å². The second-order valence-corrected chi connectivity index (χ2v) is 7.37. The molecule has 2 unspecified atom stereocenters. The fourth-order valence-corrected chi connectivity index (χ4v) is 3.30. The van der Waals surface area contributed by atoms with Crippen molar-refractivity contribution in [2.75, 3.05) is 13.2 Å². The number of benzene rings is 1. The van der Waals surface area contributed by atoms with Gasteiger partial charge in [-0.25, -0.2) is 0 Å². The van der Waals surface area contributed by atoms with Crippen molar-refractivity contribution in [2.24, 2.45) is 17.3 Å². The molecule has 134 valence electrons. The predicted octanol–water partition coefficient (Wildman–Crippen LogP) is 2.46. The minimum Gasteiger partial charge on any atom is -0.486 e. The van der Waals surface area contributed by atoms with Gasteiger partial charge in [0.25, 0.3) is 5.91 Å². The molecule has 2 atom stereocenters. The topological polar surface area (TPSA) is 76.7 Å². The monoisotopic (exact) mass is 344 g/mol. The summed E-state index contributed by atoms with van der Waals surface area (Å²) in [5, 5.41) is 0. The van der Waals surface area contributed by atoms with Crippen molar-refractivity contribution in [1.82, 2.24) is 10.9 Å². The summed E-state index contributed by atoms with van der Waals surface area (Å²) in [4.78, 5) is 24.6. The summed E-state index contributed by atoms with van der Waals surface area (Å²) in [6.07, 6.45) is 2.12. The van der Waals surface area contributed by atoms with Gasteiger partial charge in [-0.05, 0) is 43.4 Å². The van der Waals surface area contributed by atoms with Crippen molar-refractivity contribution >= 4 is 11.8 Å². The molecule has 25 heavy (non-hydrogen) atoms. The lowest BCUT2D eigenvalue weighted by molar-refractivity contribution is -0.123. The zero-order valence-corrected chi connectivity index (χ0v) is 15.0. The number of ether oxygens (including phenoxy) is 2. The Labute approximate surface area is 147 Å². The number of fused-ring (bicyclic) bond motifs is 1. The van der Waals surface area contributed by atoms with Crippen LogP contribution in [0.5, 0.6) is 11.5 Å². The van der Waals surface area contributed by atoms with Crippen molar-refractivity contribution in [3.63, 3.8) is 0 Å². The third-order valence-corrected chi connectivity index (χ3v) is 4.81. The van der Waals surface area contributed by atoms with E-state index in [1.165, 1.54) is 5.57 Å². The van der Waals surface area contributed by atoms with Crippen molar-refractivity contribution in [1.29, 1.82) is 0 Å². The molecular formula is C19H24N2O4. The molecule has 2 amide bonds. The Morgan fingerprint density at radius 3 is 2.48 bits per heavy atom. The van der Waals surface area contributed by atoms with Gasteiger partial charge in [0.15, 0.2) is 11.5 Å². The molecule has 1 fully saturated rings. The number of allylic oxidation sites excluding steroid dienone is 2. The normalized spacial score (nSPS) is 22.6. The first-order valence-electron chi connectivity index (χ1n) is 8.45. The van der Waals surface area contributed by atoms with Crippen molar-refractivity contribution < 1.29 is 19.1 Å². The van der Waals surface area contributed by atoms with Crippen LogP contribution in [0.25, 0.3) is 0 Å². The Morgan fingerprint density at radius 1 is 1.12 bits per heavy atom. The molecule has 1 aromatic rings. The number of hydrogen-bond acceptors (Lipinski definition) is 4. The van der Waals surface area contributed by atoms with E-state index >= 15 is 0 Å². The van der Waals surface area contributed by atoms with Crippen LogP contribution >= 0.6 is 0 Å². The fourth-order valence-electron chi connectivity index (χ4n) is 3.30. The Kier molecular flexibility index (Phi) is 4.45. The highest BCUT2D eigenvalue weighted by Gasteiger charge is 2.60. The van der Waals surface area contributed by atoms with Crippen LogP contribution in [0.1, 0.15) is 38.1 Å². The molecular weight excluding hydrogens is 320 g/mol. The van der Waals surface area contributed by atoms with Gasteiger partial charge in [-0.2, -0.15) is 0 Å². The molecule has 6 nitrogen and oxygen atoms in total. The molecule has 0 saturated heterocycles. The molecule has 1 heterocycles. The number of amides is 2. The summed E-state index contributed by atoms with van der Waals surface area (Å²) >= 11 is 0. The summed E-state index contributed by atoms with van der Waals surface area (Å²) in [7, 11) is 0. The number of hydrazine groups is 1. The van der Waals surface area contributed by atoms with Crippen LogP contribution in [0.15, 0.2) is 29.8 Å². The minimum absolute atomic E-state index is 0.0942. The Balaban J connectivity index is 1.59. The van der Waals surface area contributed by atoms with Crippen LogP contribution in [-0.4, -0.2) is 25.0 Å². The smallest absolute Gasteiger partial charge is 0.269 e. The van der Waals surface area contributed by atoms with Gasteiger partial charge < -0.3 is 9.47 Å². The molecule has 1 aromatic carbocycles. The van der Waals surface area contributed by atoms with Crippen molar-refractivity contribution in [3.8, 4) is 11.5 Å². The minimum atomic E-state index is -0.387. The highest BCUT2D eigenvalue weighted by molar-refractivity contribution is 5.96. The van der Waals surface area contributed by atoms with E-state index in [-0.39, 0.29) is 29.1 Å². The zero-order chi connectivity index (χ0) is 18.2. The van der Waals surface area contributed by atoms with Crippen LogP contribution < -0.4 is 20.3 Å². The highest BCUT2D eigenvalue weighted by Crippen LogP contribution is 2.59. The van der Waals surface area contributed by atoms with Gasteiger partial charge in [-0.1, -0.05) is 25.5 Å². The second-order valence-electron chi connectivity index (χ2n) is 7.37. The van der Waals surface area contributed by atoms with Gasteiger partial charge in [-0.3, -0.25) is 20.4 Å². The first-order chi connectivity index (χ1) is 11.8. The maximum atomic E-state index is 12.4. The number of nitrogens with one attached hydrogen (secondary N) is 2. The van der Waals surface area contributed by atoms with Gasteiger partial charge in [0.1, 0.15) is 13.2 Å². The molecule has 6 heteroatoms. The van der Waals surface area contributed by atoms with Crippen molar-refractivity contribution in [3.05, 3.63) is 35.4 Å². The lowest BCUT2D eigenvalue weighted by atomic mass is 10.1. The summed E-state index contributed by atoms with van der Waals surface area (Å²) < 4.78 is 10.9. The van der Waals surface area contributed by atoms with E-state index in [9.17, 15) is 9.59 Å². The van der Waals surface area contributed by atoms with Gasteiger partial charge in [0.05, 0.1) is 5.92 Å². The Morgan fingerprint density at radius 2 is 1.80 bits per heavy atom. The van der Waals surface area contributed by atoms with Gasteiger partial charge in [0, 0.05) is 5.56 Å². The summed E-state index contributed by atoms with van der Waals surface area (Å²) in [5.74, 6) is 0.668. The molecule has 0 bridgehead atoms. The summed E-state index contributed by atoms with van der Waals surface area (Å²) in [6.45, 7) is 9.12. The standard InChI is InChI=1S/C19H24N2O4/c1-11(2)9-13-16(19(13,3)4)18(23)21-20-17(22)12-5-6-14-15(10-12)25-8-7-24-14/h5-6,9-10,13,16H,7-8H2,1-4H3,(H,20,22)(H,21,23). The molecule has 1 aliphatic carbocycles. The molecule has 0 aromatic heterocycles. The second kappa shape index (κ2) is 6.43. The maximum absolute atomic E-state index is 12.4. The number of carbonyl (C=O) groups is 2. The molecule has 2 aliphatic rings. The first-order valence-corrected chi connectivity index (χ1v) is 8.45. The number of hydrogen-bond donors (Lipinski definition) is 2. The van der Waals surface area contributed by atoms with Gasteiger partial charge in [0.2, 0.25) is 5.91 Å². The molecule has 1 saturated carbocycles. The number of rotatable bonds is 3. The predicted molar refractivity (Wildman–Crippen MR) is 93.2 cm³/mol. The van der Waals surface area contributed by atoms with Crippen LogP contribution in [0.4, 0.5) is 0 Å². The molecule has 0 spiro atoms. The molecule has 2 N–H and O–H groups in total. The Bertz CT molecular complexity index is 735. The highest BCUT2D eigenvalue weighted by atomic mass is 16.6. The maximum Gasteiger partial charge on any atom is 0.269 e.